The Morgan fingerprint density at radius 2 is 1.76 bits per heavy atom. The zero-order valence-electron chi connectivity index (χ0n) is 23.8. The molecule has 0 unspecified atom stereocenters. The van der Waals surface area contributed by atoms with Gasteiger partial charge in [0.05, 0.1) is 30.4 Å². The quantitative estimate of drug-likeness (QED) is 0.517. The van der Waals surface area contributed by atoms with Gasteiger partial charge >= 0.3 is 0 Å². The number of nitrogens with one attached hydrogen (secondary N) is 2. The zero-order valence-corrected chi connectivity index (χ0v) is 23.8. The van der Waals surface area contributed by atoms with Crippen LogP contribution in [0, 0.1) is 0 Å². The normalized spacial score (nSPS) is 30.6. The third kappa shape index (κ3) is 6.43. The molecule has 2 aromatic rings. The summed E-state index contributed by atoms with van der Waals surface area (Å²) in [5, 5.41) is 17.0. The summed E-state index contributed by atoms with van der Waals surface area (Å²) in [7, 11) is 2.13. The van der Waals surface area contributed by atoms with Crippen LogP contribution in [0.2, 0.25) is 0 Å². The van der Waals surface area contributed by atoms with Gasteiger partial charge in [-0.2, -0.15) is 0 Å². The number of carbonyl (C=O) groups is 2. The number of fused-ring (bicyclic) bond motifs is 5. The maximum absolute atomic E-state index is 13.7. The van der Waals surface area contributed by atoms with E-state index < -0.39 is 12.2 Å². The third-order valence-electron chi connectivity index (χ3n) is 9.22. The van der Waals surface area contributed by atoms with E-state index in [4.69, 9.17) is 9.47 Å². The van der Waals surface area contributed by atoms with Gasteiger partial charge < -0.3 is 30.1 Å². The van der Waals surface area contributed by atoms with E-state index in [1.165, 1.54) is 0 Å². The van der Waals surface area contributed by atoms with Crippen LogP contribution in [-0.4, -0.2) is 103 Å². The molecule has 9 nitrogen and oxygen atoms in total. The number of hydrogen-bond donors (Lipinski definition) is 3. The van der Waals surface area contributed by atoms with Crippen LogP contribution in [0.15, 0.2) is 48.5 Å². The van der Waals surface area contributed by atoms with Crippen molar-refractivity contribution in [2.45, 2.75) is 75.0 Å². The monoisotopic (exact) mass is 562 g/mol. The average molecular weight is 563 g/mol. The maximum Gasteiger partial charge on any atom is 0.255 e. The van der Waals surface area contributed by atoms with Crippen molar-refractivity contribution in [2.24, 2.45) is 0 Å². The summed E-state index contributed by atoms with van der Waals surface area (Å²) in [5.41, 5.74) is 2.53. The highest BCUT2D eigenvalue weighted by Crippen LogP contribution is 2.31. The summed E-state index contributed by atoms with van der Waals surface area (Å²) in [6, 6.07) is 15.6. The number of nitrogens with zero attached hydrogens (tertiary/aromatic N) is 2. The fourth-order valence-corrected chi connectivity index (χ4v) is 6.82. The smallest absolute Gasteiger partial charge is 0.255 e. The maximum atomic E-state index is 13.7. The number of piperidine rings is 1. The molecule has 0 aromatic heterocycles. The van der Waals surface area contributed by atoms with Gasteiger partial charge in [-0.05, 0) is 75.5 Å². The highest BCUT2D eigenvalue weighted by molar-refractivity contribution is 5.98. The number of likely N-dealkylation sites (tertiary alicyclic amines) is 2. The Hall–Kier alpha value is -2.98. The standard InChI is InChI=1S/C32H42N4O5/c1-35-14-11-24(12-15-35)36-20-23-18-27(36)32(39)33-19-30-28(37)10-8-25(41-30)13-16-40-29-17-22(21-5-3-2-4-6-21)7-9-26(29)31(38)34-23/h2-7,9,17,23-25,27-28,30,37H,8,10-16,18-20H2,1H3,(H,33,39)(H,34,38)/t23-,25-,27-,28-,30+/m0/s1. The minimum atomic E-state index is -0.610. The minimum Gasteiger partial charge on any atom is -0.493 e. The molecule has 3 fully saturated rings. The van der Waals surface area contributed by atoms with Crippen molar-refractivity contribution in [3.8, 4) is 16.9 Å². The highest BCUT2D eigenvalue weighted by atomic mass is 16.5. The van der Waals surface area contributed by atoms with Crippen LogP contribution in [0.1, 0.15) is 48.9 Å². The molecule has 5 atom stereocenters. The van der Waals surface area contributed by atoms with Crippen molar-refractivity contribution in [1.82, 2.24) is 20.4 Å². The molecule has 0 saturated carbocycles. The number of aliphatic hydroxyl groups excluding tert-OH is 1. The Morgan fingerprint density at radius 3 is 2.56 bits per heavy atom. The summed E-state index contributed by atoms with van der Waals surface area (Å²) in [5.74, 6) is 0.308. The molecular weight excluding hydrogens is 520 g/mol. The molecule has 4 bridgehead atoms. The van der Waals surface area contributed by atoms with E-state index in [0.29, 0.717) is 43.7 Å². The number of ether oxygens (including phenoxy) is 2. The summed E-state index contributed by atoms with van der Waals surface area (Å²) < 4.78 is 12.5. The first-order valence-electron chi connectivity index (χ1n) is 15.1. The first kappa shape index (κ1) is 28.2. The lowest BCUT2D eigenvalue weighted by molar-refractivity contribution is -0.134. The molecule has 4 aliphatic heterocycles. The van der Waals surface area contributed by atoms with Crippen molar-refractivity contribution < 1.29 is 24.2 Å². The minimum absolute atomic E-state index is 0.0538. The van der Waals surface area contributed by atoms with Crippen LogP contribution >= 0.6 is 0 Å². The van der Waals surface area contributed by atoms with Gasteiger partial charge in [-0.15, -0.1) is 0 Å². The summed E-state index contributed by atoms with van der Waals surface area (Å²) >= 11 is 0. The molecule has 41 heavy (non-hydrogen) atoms. The molecule has 3 N–H and O–H groups in total. The second-order valence-corrected chi connectivity index (χ2v) is 12.1. The molecule has 3 saturated heterocycles. The topological polar surface area (TPSA) is 103 Å². The van der Waals surface area contributed by atoms with Gasteiger partial charge in [0.1, 0.15) is 11.9 Å². The molecule has 4 aliphatic rings. The first-order valence-corrected chi connectivity index (χ1v) is 15.1. The van der Waals surface area contributed by atoms with Gasteiger partial charge in [-0.1, -0.05) is 36.4 Å². The van der Waals surface area contributed by atoms with Crippen molar-refractivity contribution in [3.63, 3.8) is 0 Å². The van der Waals surface area contributed by atoms with E-state index in [1.54, 1.807) is 0 Å². The van der Waals surface area contributed by atoms with Gasteiger partial charge in [0, 0.05) is 31.6 Å². The van der Waals surface area contributed by atoms with E-state index >= 15 is 0 Å². The predicted octanol–water partition coefficient (Wildman–Crippen LogP) is 2.43. The Kier molecular flexibility index (Phi) is 8.57. The molecule has 0 aliphatic carbocycles. The van der Waals surface area contributed by atoms with Crippen LogP contribution in [0.4, 0.5) is 0 Å². The van der Waals surface area contributed by atoms with Crippen LogP contribution in [0.5, 0.6) is 5.75 Å². The van der Waals surface area contributed by atoms with Gasteiger partial charge in [0.2, 0.25) is 5.91 Å². The van der Waals surface area contributed by atoms with E-state index in [-0.39, 0.29) is 42.6 Å². The van der Waals surface area contributed by atoms with Gasteiger partial charge in [0.25, 0.3) is 5.91 Å². The number of carbonyl (C=O) groups excluding carboxylic acids is 2. The lowest BCUT2D eigenvalue weighted by atomic mass is 9.99. The summed E-state index contributed by atoms with van der Waals surface area (Å²) in [4.78, 5) is 31.9. The number of aliphatic hydroxyl groups is 1. The van der Waals surface area contributed by atoms with Gasteiger partial charge in [0.15, 0.2) is 0 Å². The average Bonchev–Trinajstić information content (AvgIpc) is 3.41. The second-order valence-electron chi connectivity index (χ2n) is 12.1. The van der Waals surface area contributed by atoms with E-state index in [9.17, 15) is 14.7 Å². The Bertz CT molecular complexity index is 1220. The molecule has 2 aromatic carbocycles. The summed E-state index contributed by atoms with van der Waals surface area (Å²) in [6.45, 7) is 3.26. The Morgan fingerprint density at radius 1 is 0.951 bits per heavy atom. The third-order valence-corrected chi connectivity index (χ3v) is 9.22. The van der Waals surface area contributed by atoms with Crippen LogP contribution in [0.3, 0.4) is 0 Å². The van der Waals surface area contributed by atoms with Crippen molar-refractivity contribution in [3.05, 3.63) is 54.1 Å². The number of amides is 2. The van der Waals surface area contributed by atoms with Crippen LogP contribution in [-0.2, 0) is 9.53 Å². The molecule has 0 spiro atoms. The van der Waals surface area contributed by atoms with Crippen LogP contribution in [0.25, 0.3) is 11.1 Å². The molecule has 9 heteroatoms. The lowest BCUT2D eigenvalue weighted by Gasteiger charge is -2.38. The largest absolute Gasteiger partial charge is 0.493 e. The van der Waals surface area contributed by atoms with E-state index in [1.807, 2.05) is 48.5 Å². The molecule has 220 valence electrons. The van der Waals surface area contributed by atoms with E-state index in [0.717, 1.165) is 43.5 Å². The van der Waals surface area contributed by atoms with Gasteiger partial charge in [-0.3, -0.25) is 14.5 Å². The number of rotatable bonds is 2. The SMILES string of the molecule is CN1CCC(N2C[C@@H]3C[C@H]2C(=O)NC[C@H]2O[C@H](CCOc4cc(-c5ccccc5)ccc4C(=O)N3)CC[C@@H]2O)CC1. The Labute approximate surface area is 242 Å². The molecule has 2 amide bonds. The number of benzene rings is 2. The fraction of sp³-hybridized carbons (Fsp3) is 0.562. The van der Waals surface area contributed by atoms with E-state index in [2.05, 4.69) is 27.5 Å². The van der Waals surface area contributed by atoms with Crippen molar-refractivity contribution >= 4 is 11.8 Å². The lowest BCUT2D eigenvalue weighted by Crippen LogP contribution is -2.53. The zero-order chi connectivity index (χ0) is 28.3. The van der Waals surface area contributed by atoms with Crippen molar-refractivity contribution in [1.29, 1.82) is 0 Å². The predicted molar refractivity (Wildman–Crippen MR) is 156 cm³/mol. The molecule has 0 radical (unpaired) electrons. The summed E-state index contributed by atoms with van der Waals surface area (Å²) in [6.07, 6.45) is 3.35. The highest BCUT2D eigenvalue weighted by Gasteiger charge is 2.42. The Balaban J connectivity index is 1.29. The second kappa shape index (κ2) is 12.5. The van der Waals surface area contributed by atoms with Gasteiger partial charge in [-0.25, -0.2) is 0 Å². The molecular formula is C32H42N4O5. The molecule has 6 rings (SSSR count). The van der Waals surface area contributed by atoms with Crippen LogP contribution < -0.4 is 15.4 Å². The first-order chi connectivity index (χ1) is 19.9. The van der Waals surface area contributed by atoms with Crippen molar-refractivity contribution in [2.75, 3.05) is 39.8 Å². The molecule has 4 heterocycles. The number of hydrogen-bond acceptors (Lipinski definition) is 7. The fourth-order valence-electron chi connectivity index (χ4n) is 6.82.